The predicted octanol–water partition coefficient (Wildman–Crippen LogP) is -1.09. The number of hydrogen-bond acceptors (Lipinski definition) is 0. The molecule has 0 aliphatic carbocycles. The largest absolute Gasteiger partial charge is 0.412 e. The molecule has 4 heteroatoms. The van der Waals surface area contributed by atoms with Crippen LogP contribution >= 0.6 is 13.5 Å². The molecule has 0 amide bonds. The van der Waals surface area contributed by atoms with Crippen molar-refractivity contribution in [2.45, 2.75) is 0 Å². The Bertz CT molecular complexity index is 8.00. The Morgan fingerprint density at radius 3 is 1.00 bits per heavy atom. The molecule has 1 nitrogen and oxygen atoms in total. The van der Waals surface area contributed by atoms with E-state index in [2.05, 4.69) is 0 Å². The summed E-state index contributed by atoms with van der Waals surface area (Å²) in [4.78, 5) is 0. The van der Waals surface area contributed by atoms with Crippen molar-refractivity contribution in [1.29, 1.82) is 0 Å². The van der Waals surface area contributed by atoms with Gasteiger partial charge in [-0.1, -0.05) is 0 Å². The van der Waals surface area contributed by atoms with Gasteiger partial charge in [0.1, 0.15) is 0 Å². The summed E-state index contributed by atoms with van der Waals surface area (Å²) >= 11 is 0. The van der Waals surface area contributed by atoms with Gasteiger partial charge in [-0.05, 0) is 0 Å². The molecule has 0 aromatic heterocycles. The fourth-order valence-corrected chi connectivity index (χ4v) is 0. The molecule has 0 atom stereocenters. The fourth-order valence-electron chi connectivity index (χ4n) is 0. The maximum Gasteiger partial charge on any atom is 0 e. The van der Waals surface area contributed by atoms with Gasteiger partial charge >= 0.3 is 0 Å². The SMILES string of the molecule is O.S.[Eu].[Ge]. The molecular weight excluding hydrogens is 273 g/mol. The van der Waals surface area contributed by atoms with Gasteiger partial charge in [-0.2, -0.15) is 13.5 Å². The van der Waals surface area contributed by atoms with Crippen LogP contribution in [0.1, 0.15) is 0 Å². The molecule has 0 fully saturated rings. The van der Waals surface area contributed by atoms with Gasteiger partial charge in [0.05, 0.1) is 0 Å². The first-order chi connectivity index (χ1) is 0. The van der Waals surface area contributed by atoms with Gasteiger partial charge in [-0.3, -0.25) is 0 Å². The van der Waals surface area contributed by atoms with Crippen molar-refractivity contribution in [3.05, 3.63) is 0 Å². The average molecular weight is 277 g/mol. The molecule has 27 valence electrons. The normalized spacial score (nSPS) is 0. The zero-order valence-electron chi connectivity index (χ0n) is 1.88. The first-order valence-corrected chi connectivity index (χ1v) is 0. The summed E-state index contributed by atoms with van der Waals surface area (Å²) in [5.74, 6) is 0. The van der Waals surface area contributed by atoms with E-state index in [4.69, 9.17) is 0 Å². The van der Waals surface area contributed by atoms with Gasteiger partial charge in [0, 0.05) is 67.0 Å². The van der Waals surface area contributed by atoms with E-state index in [9.17, 15) is 0 Å². The standard InChI is InChI=1S/Eu.Ge.H2O.H2S/h;;2*1H2. The molecule has 0 saturated heterocycles. The van der Waals surface area contributed by atoms with Gasteiger partial charge in [0.15, 0.2) is 0 Å². The summed E-state index contributed by atoms with van der Waals surface area (Å²) < 4.78 is 0. The van der Waals surface area contributed by atoms with Crippen LogP contribution in [-0.4, -0.2) is 23.1 Å². The maximum atomic E-state index is 0. The van der Waals surface area contributed by atoms with E-state index in [0.29, 0.717) is 0 Å². The molecule has 0 spiro atoms. The van der Waals surface area contributed by atoms with Crippen molar-refractivity contribution >= 4 is 31.1 Å². The van der Waals surface area contributed by atoms with Crippen molar-refractivity contribution in [2.75, 3.05) is 0 Å². The zero-order chi connectivity index (χ0) is 0. The van der Waals surface area contributed by atoms with Crippen LogP contribution in [0.15, 0.2) is 0 Å². The van der Waals surface area contributed by atoms with Crippen molar-refractivity contribution in [3.8, 4) is 0 Å². The summed E-state index contributed by atoms with van der Waals surface area (Å²) in [6.07, 6.45) is 0. The summed E-state index contributed by atoms with van der Waals surface area (Å²) in [7, 11) is 0. The molecule has 2 N–H and O–H groups in total. The maximum absolute atomic E-state index is 0. The Kier molecular flexibility index (Phi) is 144. The number of hydrogen-bond donors (Lipinski definition) is 0. The molecule has 4 heavy (non-hydrogen) atoms. The van der Waals surface area contributed by atoms with Gasteiger partial charge in [0.2, 0.25) is 0 Å². The van der Waals surface area contributed by atoms with Crippen molar-refractivity contribution < 1.29 is 54.9 Å². The minimum Gasteiger partial charge on any atom is -0.412 e. The van der Waals surface area contributed by atoms with E-state index in [0.717, 1.165) is 0 Å². The van der Waals surface area contributed by atoms with E-state index < -0.39 is 0 Å². The Balaban J connectivity index is 0. The second kappa shape index (κ2) is 18.0. The van der Waals surface area contributed by atoms with Crippen molar-refractivity contribution in [1.82, 2.24) is 0 Å². The summed E-state index contributed by atoms with van der Waals surface area (Å²) in [5, 5.41) is 0. The van der Waals surface area contributed by atoms with E-state index >= 15 is 0 Å². The third-order valence-corrected chi connectivity index (χ3v) is 0. The molecule has 0 heterocycles. The van der Waals surface area contributed by atoms with Crippen LogP contribution in [0.5, 0.6) is 0 Å². The third-order valence-electron chi connectivity index (χ3n) is 0. The first-order valence-electron chi connectivity index (χ1n) is 0. The molecule has 0 saturated carbocycles. The van der Waals surface area contributed by atoms with Crippen molar-refractivity contribution in [3.63, 3.8) is 0 Å². The molecule has 0 aliphatic rings. The Labute approximate surface area is 84.2 Å². The van der Waals surface area contributed by atoms with E-state index in [1.54, 1.807) is 0 Å². The molecule has 0 bridgehead atoms. The summed E-state index contributed by atoms with van der Waals surface area (Å²) in [5.41, 5.74) is 0. The van der Waals surface area contributed by atoms with Crippen LogP contribution in [-0.2, 0) is 0 Å². The molecular formula is H4EuGeOS. The molecule has 0 aromatic rings. The Hall–Kier alpha value is 2.44. The first kappa shape index (κ1) is 32.0. The van der Waals surface area contributed by atoms with Gasteiger partial charge < -0.3 is 5.48 Å². The van der Waals surface area contributed by atoms with Gasteiger partial charge in [-0.25, -0.2) is 0 Å². The quantitative estimate of drug-likeness (QED) is 0.504. The monoisotopic (exact) mass is 279 g/mol. The van der Waals surface area contributed by atoms with Crippen LogP contribution in [0.25, 0.3) is 0 Å². The van der Waals surface area contributed by atoms with Crippen molar-refractivity contribution in [2.24, 2.45) is 0 Å². The average Bonchev–Trinajstić information content (AvgIpc) is 0. The van der Waals surface area contributed by atoms with Crippen LogP contribution < -0.4 is 0 Å². The van der Waals surface area contributed by atoms with Crippen LogP contribution in [0.4, 0.5) is 0 Å². The minimum atomic E-state index is 0. The molecule has 0 rings (SSSR count). The number of rotatable bonds is 0. The molecule has 0 aliphatic heterocycles. The van der Waals surface area contributed by atoms with E-state index in [1.807, 2.05) is 0 Å². The fraction of sp³-hybridized carbons (Fsp3) is 0. The van der Waals surface area contributed by atoms with Crippen LogP contribution in [0.2, 0.25) is 0 Å². The summed E-state index contributed by atoms with van der Waals surface area (Å²) in [6, 6.07) is 0. The molecule has 0 aromatic carbocycles. The molecule has 5 radical (unpaired) electrons. The Morgan fingerprint density at radius 2 is 1.00 bits per heavy atom. The molecule has 0 unspecified atom stereocenters. The van der Waals surface area contributed by atoms with Crippen LogP contribution in [0.3, 0.4) is 0 Å². The zero-order valence-corrected chi connectivity index (χ0v) is 7.40. The van der Waals surface area contributed by atoms with E-state index in [1.165, 1.54) is 0 Å². The van der Waals surface area contributed by atoms with Gasteiger partial charge in [-0.15, -0.1) is 0 Å². The second-order valence-corrected chi connectivity index (χ2v) is 0. The van der Waals surface area contributed by atoms with Crippen LogP contribution in [0, 0.1) is 49.4 Å². The topological polar surface area (TPSA) is 31.5 Å². The minimum absolute atomic E-state index is 0. The predicted molar refractivity (Wildman–Crippen MR) is 19.7 cm³/mol. The Morgan fingerprint density at radius 1 is 1.00 bits per heavy atom. The summed E-state index contributed by atoms with van der Waals surface area (Å²) in [6.45, 7) is 0. The third kappa shape index (κ3) is 8.83. The van der Waals surface area contributed by atoms with Gasteiger partial charge in [0.25, 0.3) is 0 Å². The van der Waals surface area contributed by atoms with E-state index in [-0.39, 0.29) is 85.9 Å². The smallest absolute Gasteiger partial charge is 0 e. The second-order valence-electron chi connectivity index (χ2n) is 0.